The second-order valence-corrected chi connectivity index (χ2v) is 4.06. The molecule has 2 rings (SSSR count). The van der Waals surface area contributed by atoms with E-state index < -0.39 is 5.92 Å². The van der Waals surface area contributed by atoms with Gasteiger partial charge in [-0.25, -0.2) is 0 Å². The summed E-state index contributed by atoms with van der Waals surface area (Å²) < 4.78 is 4.78. The summed E-state index contributed by atoms with van der Waals surface area (Å²) >= 11 is 0. The summed E-state index contributed by atoms with van der Waals surface area (Å²) in [5, 5.41) is 0. The first-order valence-corrected chi connectivity index (χ1v) is 5.56. The molecule has 0 amide bonds. The summed E-state index contributed by atoms with van der Waals surface area (Å²) in [4.78, 5) is 22.7. The van der Waals surface area contributed by atoms with Crippen molar-refractivity contribution < 1.29 is 14.3 Å². The van der Waals surface area contributed by atoms with Gasteiger partial charge >= 0.3 is 5.97 Å². The number of carbonyl (C=O) groups is 2. The van der Waals surface area contributed by atoms with E-state index in [1.165, 1.54) is 7.11 Å². The third-order valence-corrected chi connectivity index (χ3v) is 3.11. The maximum atomic E-state index is 11.7. The van der Waals surface area contributed by atoms with E-state index >= 15 is 0 Å². The SMILES string of the molecule is COC(=O)C1C(c2ccccc2)=CCC1C=O. The van der Waals surface area contributed by atoms with E-state index in [9.17, 15) is 9.59 Å². The Morgan fingerprint density at radius 2 is 2.06 bits per heavy atom. The number of benzene rings is 1. The Labute approximate surface area is 100 Å². The van der Waals surface area contributed by atoms with Gasteiger partial charge in [0.1, 0.15) is 6.29 Å². The van der Waals surface area contributed by atoms with Crippen molar-refractivity contribution in [1.82, 2.24) is 0 Å². The lowest BCUT2D eigenvalue weighted by molar-refractivity contribution is -0.145. The van der Waals surface area contributed by atoms with Crippen LogP contribution >= 0.6 is 0 Å². The normalized spacial score (nSPS) is 23.0. The highest BCUT2D eigenvalue weighted by Gasteiger charge is 2.36. The molecule has 0 saturated heterocycles. The number of allylic oxidation sites excluding steroid dienone is 1. The van der Waals surface area contributed by atoms with Crippen molar-refractivity contribution in [3.8, 4) is 0 Å². The molecule has 3 nitrogen and oxygen atoms in total. The van der Waals surface area contributed by atoms with E-state index in [1.807, 2.05) is 36.4 Å². The van der Waals surface area contributed by atoms with E-state index in [0.29, 0.717) is 6.42 Å². The van der Waals surface area contributed by atoms with E-state index in [1.54, 1.807) is 0 Å². The molecule has 0 saturated carbocycles. The van der Waals surface area contributed by atoms with Gasteiger partial charge in [-0.3, -0.25) is 4.79 Å². The van der Waals surface area contributed by atoms with Crippen molar-refractivity contribution in [2.45, 2.75) is 6.42 Å². The topological polar surface area (TPSA) is 43.4 Å². The molecule has 88 valence electrons. The average molecular weight is 230 g/mol. The minimum atomic E-state index is -0.458. The fourth-order valence-corrected chi connectivity index (χ4v) is 2.25. The first kappa shape index (κ1) is 11.6. The highest BCUT2D eigenvalue weighted by atomic mass is 16.5. The molecule has 3 heteroatoms. The van der Waals surface area contributed by atoms with Crippen LogP contribution in [0.5, 0.6) is 0 Å². The Balaban J connectivity index is 2.34. The second-order valence-electron chi connectivity index (χ2n) is 4.06. The van der Waals surface area contributed by atoms with Gasteiger partial charge in [-0.1, -0.05) is 36.4 Å². The molecule has 0 bridgehead atoms. The van der Waals surface area contributed by atoms with Crippen molar-refractivity contribution >= 4 is 17.8 Å². The van der Waals surface area contributed by atoms with Crippen molar-refractivity contribution in [2.75, 3.05) is 7.11 Å². The number of hydrogen-bond donors (Lipinski definition) is 0. The van der Waals surface area contributed by atoms with Gasteiger partial charge in [0.2, 0.25) is 0 Å². The fourth-order valence-electron chi connectivity index (χ4n) is 2.25. The zero-order chi connectivity index (χ0) is 12.3. The van der Waals surface area contributed by atoms with E-state index in [4.69, 9.17) is 4.74 Å². The van der Waals surface area contributed by atoms with E-state index in [-0.39, 0.29) is 11.9 Å². The summed E-state index contributed by atoms with van der Waals surface area (Å²) in [5.41, 5.74) is 1.88. The number of aldehydes is 1. The van der Waals surface area contributed by atoms with Gasteiger partial charge < -0.3 is 9.53 Å². The molecule has 1 aliphatic rings. The van der Waals surface area contributed by atoms with Crippen molar-refractivity contribution in [2.24, 2.45) is 11.8 Å². The molecule has 0 fully saturated rings. The number of rotatable bonds is 3. The Bertz CT molecular complexity index is 448. The summed E-state index contributed by atoms with van der Waals surface area (Å²) in [6.45, 7) is 0. The summed E-state index contributed by atoms with van der Waals surface area (Å²) in [6, 6.07) is 9.63. The van der Waals surface area contributed by atoms with Crippen LogP contribution in [0.15, 0.2) is 36.4 Å². The molecule has 0 radical (unpaired) electrons. The number of esters is 1. The Hall–Kier alpha value is -1.90. The predicted octanol–water partition coefficient (Wildman–Crippen LogP) is 2.08. The number of carbonyl (C=O) groups excluding carboxylic acids is 2. The van der Waals surface area contributed by atoms with Crippen LogP contribution in [0.1, 0.15) is 12.0 Å². The molecular formula is C14H14O3. The van der Waals surface area contributed by atoms with E-state index in [2.05, 4.69) is 0 Å². The van der Waals surface area contributed by atoms with Crippen LogP contribution in [0.3, 0.4) is 0 Å². The van der Waals surface area contributed by atoms with Gasteiger partial charge in [-0.2, -0.15) is 0 Å². The zero-order valence-electron chi connectivity index (χ0n) is 9.63. The number of methoxy groups -OCH3 is 1. The van der Waals surface area contributed by atoms with Gasteiger partial charge in [0.05, 0.1) is 13.0 Å². The monoisotopic (exact) mass is 230 g/mol. The third kappa shape index (κ3) is 2.13. The molecule has 0 aromatic heterocycles. The lowest BCUT2D eigenvalue weighted by atomic mass is 9.88. The highest BCUT2D eigenvalue weighted by Crippen LogP contribution is 2.37. The minimum Gasteiger partial charge on any atom is -0.469 e. The van der Waals surface area contributed by atoms with Gasteiger partial charge in [0, 0.05) is 5.92 Å². The van der Waals surface area contributed by atoms with Crippen LogP contribution < -0.4 is 0 Å². The van der Waals surface area contributed by atoms with Crippen molar-refractivity contribution in [3.05, 3.63) is 42.0 Å². The Morgan fingerprint density at radius 3 is 2.65 bits per heavy atom. The Kier molecular flexibility index (Phi) is 3.38. The minimum absolute atomic E-state index is 0.294. The van der Waals surface area contributed by atoms with Crippen LogP contribution in [0.2, 0.25) is 0 Å². The van der Waals surface area contributed by atoms with Crippen LogP contribution in [-0.2, 0) is 14.3 Å². The largest absolute Gasteiger partial charge is 0.469 e. The van der Waals surface area contributed by atoms with Gasteiger partial charge in [0.25, 0.3) is 0 Å². The lowest BCUT2D eigenvalue weighted by Crippen LogP contribution is -2.23. The van der Waals surface area contributed by atoms with Crippen LogP contribution in [0.4, 0.5) is 0 Å². The Morgan fingerprint density at radius 1 is 1.35 bits per heavy atom. The highest BCUT2D eigenvalue weighted by molar-refractivity contribution is 5.93. The molecule has 0 N–H and O–H groups in total. The second kappa shape index (κ2) is 4.95. The van der Waals surface area contributed by atoms with Gasteiger partial charge in [-0.05, 0) is 17.6 Å². The number of hydrogen-bond acceptors (Lipinski definition) is 3. The third-order valence-electron chi connectivity index (χ3n) is 3.11. The van der Waals surface area contributed by atoms with Crippen LogP contribution in [-0.4, -0.2) is 19.4 Å². The number of ether oxygens (including phenoxy) is 1. The maximum Gasteiger partial charge on any atom is 0.313 e. The molecule has 1 aromatic carbocycles. The standard InChI is InChI=1S/C14H14O3/c1-17-14(16)13-11(9-15)7-8-12(13)10-5-3-2-4-6-10/h2-6,8-9,11,13H,7H2,1H3. The summed E-state index contributed by atoms with van der Waals surface area (Å²) in [5.74, 6) is -1.09. The first-order valence-electron chi connectivity index (χ1n) is 5.56. The molecule has 0 heterocycles. The van der Waals surface area contributed by atoms with E-state index in [0.717, 1.165) is 17.4 Å². The zero-order valence-corrected chi connectivity index (χ0v) is 9.63. The lowest BCUT2D eigenvalue weighted by Gasteiger charge is -2.16. The molecule has 2 atom stereocenters. The summed E-state index contributed by atoms with van der Waals surface area (Å²) in [7, 11) is 1.35. The molecule has 1 aliphatic carbocycles. The quantitative estimate of drug-likeness (QED) is 0.589. The van der Waals surface area contributed by atoms with Gasteiger partial charge in [-0.15, -0.1) is 0 Å². The average Bonchev–Trinajstić information content (AvgIpc) is 2.82. The fraction of sp³-hybridized carbons (Fsp3) is 0.286. The van der Waals surface area contributed by atoms with Crippen LogP contribution in [0, 0.1) is 11.8 Å². The molecule has 0 aliphatic heterocycles. The predicted molar refractivity (Wildman–Crippen MR) is 64.1 cm³/mol. The molecule has 0 spiro atoms. The molecule has 17 heavy (non-hydrogen) atoms. The molecule has 2 unspecified atom stereocenters. The van der Waals surface area contributed by atoms with Gasteiger partial charge in [0.15, 0.2) is 0 Å². The summed E-state index contributed by atoms with van der Waals surface area (Å²) in [6.07, 6.45) is 3.40. The molecular weight excluding hydrogens is 216 g/mol. The van der Waals surface area contributed by atoms with Crippen molar-refractivity contribution in [1.29, 1.82) is 0 Å². The smallest absolute Gasteiger partial charge is 0.313 e. The van der Waals surface area contributed by atoms with Crippen LogP contribution in [0.25, 0.3) is 5.57 Å². The molecule has 1 aromatic rings. The first-order chi connectivity index (χ1) is 8.27. The van der Waals surface area contributed by atoms with Crippen molar-refractivity contribution in [3.63, 3.8) is 0 Å². The maximum absolute atomic E-state index is 11.7.